The smallest absolute Gasteiger partial charge is 0.0937 e. The maximum Gasteiger partial charge on any atom is 0.0937 e. The SMILES string of the molecule is c1cnc2c(c1)C1(c3cccnc3-2)c2cccc(-n3c4ccccc4c4ccccc43)c2Sc2c(-n3c4ccccc4c4ccncc43)cccc21. The molecule has 5 nitrogen and oxygen atoms in total. The van der Waals surface area contributed by atoms with Gasteiger partial charge in [0.2, 0.25) is 0 Å². The molecule has 5 aromatic carbocycles. The first-order valence-electron chi connectivity index (χ1n) is 17.5. The number of fused-ring (bicyclic) bond motifs is 15. The van der Waals surface area contributed by atoms with Crippen molar-refractivity contribution in [1.29, 1.82) is 0 Å². The topological polar surface area (TPSA) is 48.5 Å². The van der Waals surface area contributed by atoms with Crippen molar-refractivity contribution in [3.63, 3.8) is 0 Å². The normalized spacial score (nSPS) is 13.8. The van der Waals surface area contributed by atoms with Crippen LogP contribution in [0, 0.1) is 0 Å². The van der Waals surface area contributed by atoms with E-state index in [0.717, 1.165) is 44.9 Å². The zero-order valence-electron chi connectivity index (χ0n) is 27.7. The largest absolute Gasteiger partial charge is 0.308 e. The first kappa shape index (κ1) is 28.2. The third-order valence-corrected chi connectivity index (χ3v) is 12.5. The van der Waals surface area contributed by atoms with Gasteiger partial charge < -0.3 is 9.13 Å². The molecule has 0 bridgehead atoms. The van der Waals surface area contributed by atoms with E-state index in [1.165, 1.54) is 53.5 Å². The van der Waals surface area contributed by atoms with Crippen LogP contribution >= 0.6 is 11.8 Å². The summed E-state index contributed by atoms with van der Waals surface area (Å²) in [5, 5.41) is 4.89. The Hall–Kier alpha value is -6.50. The second kappa shape index (κ2) is 10.3. The van der Waals surface area contributed by atoms with E-state index in [9.17, 15) is 0 Å². The van der Waals surface area contributed by atoms with Gasteiger partial charge in [-0.05, 0) is 70.8 Å². The molecule has 0 amide bonds. The summed E-state index contributed by atoms with van der Waals surface area (Å²) in [6, 6.07) is 50.7. The van der Waals surface area contributed by atoms with Gasteiger partial charge in [-0.15, -0.1) is 0 Å². The van der Waals surface area contributed by atoms with E-state index >= 15 is 0 Å². The molecule has 0 unspecified atom stereocenters. The van der Waals surface area contributed by atoms with Crippen LogP contribution in [0.25, 0.3) is 66.4 Å². The summed E-state index contributed by atoms with van der Waals surface area (Å²) in [4.78, 5) is 17.1. The zero-order chi connectivity index (χ0) is 34.0. The van der Waals surface area contributed by atoms with Crippen LogP contribution < -0.4 is 0 Å². The number of hydrogen-bond donors (Lipinski definition) is 0. The van der Waals surface area contributed by atoms with Crippen LogP contribution in [0.4, 0.5) is 0 Å². The fourth-order valence-corrected chi connectivity index (χ4v) is 10.6. The summed E-state index contributed by atoms with van der Waals surface area (Å²) < 4.78 is 4.87. The molecule has 10 aromatic rings. The van der Waals surface area contributed by atoms with Crippen LogP contribution in [0.2, 0.25) is 0 Å². The Labute approximate surface area is 302 Å². The number of pyridine rings is 3. The molecule has 0 saturated heterocycles. The van der Waals surface area contributed by atoms with Crippen molar-refractivity contribution in [2.45, 2.75) is 15.2 Å². The summed E-state index contributed by atoms with van der Waals surface area (Å²) in [6.45, 7) is 0. The van der Waals surface area contributed by atoms with Crippen molar-refractivity contribution in [3.05, 3.63) is 187 Å². The number of para-hydroxylation sites is 3. The number of hydrogen-bond acceptors (Lipinski definition) is 4. The second-order valence-corrected chi connectivity index (χ2v) is 14.6. The molecule has 6 heteroatoms. The van der Waals surface area contributed by atoms with Gasteiger partial charge in [-0.25, -0.2) is 0 Å². The highest BCUT2D eigenvalue weighted by molar-refractivity contribution is 7.99. The molecular formula is C46H27N5S. The Kier molecular flexibility index (Phi) is 5.58. The lowest BCUT2D eigenvalue weighted by Gasteiger charge is -2.40. The molecule has 0 atom stereocenters. The minimum Gasteiger partial charge on any atom is -0.308 e. The molecule has 12 rings (SSSR count). The Bertz CT molecular complexity index is 2820. The minimum absolute atomic E-state index is 0.648. The van der Waals surface area contributed by atoms with Crippen molar-refractivity contribution in [2.75, 3.05) is 0 Å². The van der Waals surface area contributed by atoms with Gasteiger partial charge in [0.25, 0.3) is 0 Å². The summed E-state index contributed by atoms with van der Waals surface area (Å²) >= 11 is 1.87. The van der Waals surface area contributed by atoms with E-state index in [1.54, 1.807) is 0 Å². The second-order valence-electron chi connectivity index (χ2n) is 13.6. The Morgan fingerprint density at radius 2 is 0.865 bits per heavy atom. The average Bonchev–Trinajstić information content (AvgIpc) is 3.83. The Balaban J connectivity index is 1.26. The van der Waals surface area contributed by atoms with Crippen molar-refractivity contribution >= 4 is 55.4 Å². The van der Waals surface area contributed by atoms with Crippen LogP contribution in [0.1, 0.15) is 22.3 Å². The molecule has 1 spiro atoms. The van der Waals surface area contributed by atoms with Crippen LogP contribution in [0.15, 0.2) is 174 Å². The van der Waals surface area contributed by atoms with Crippen LogP contribution in [0.3, 0.4) is 0 Å². The predicted molar refractivity (Wildman–Crippen MR) is 210 cm³/mol. The van der Waals surface area contributed by atoms with Gasteiger partial charge in [-0.1, -0.05) is 103 Å². The van der Waals surface area contributed by atoms with Crippen molar-refractivity contribution in [1.82, 2.24) is 24.1 Å². The fraction of sp³-hybridized carbons (Fsp3) is 0.0217. The van der Waals surface area contributed by atoms with E-state index in [-0.39, 0.29) is 0 Å². The summed E-state index contributed by atoms with van der Waals surface area (Å²) in [5.41, 5.74) is 12.9. The Morgan fingerprint density at radius 1 is 0.404 bits per heavy atom. The average molecular weight is 682 g/mol. The molecule has 0 saturated carbocycles. The monoisotopic (exact) mass is 681 g/mol. The molecule has 0 radical (unpaired) electrons. The van der Waals surface area contributed by atoms with Gasteiger partial charge in [0, 0.05) is 49.9 Å². The molecule has 6 heterocycles. The van der Waals surface area contributed by atoms with E-state index in [0.29, 0.717) is 0 Å². The highest BCUT2D eigenvalue weighted by atomic mass is 32.2. The van der Waals surface area contributed by atoms with Crippen LogP contribution in [-0.4, -0.2) is 24.1 Å². The van der Waals surface area contributed by atoms with E-state index < -0.39 is 5.41 Å². The Morgan fingerprint density at radius 3 is 1.40 bits per heavy atom. The van der Waals surface area contributed by atoms with Crippen molar-refractivity contribution in [2.24, 2.45) is 0 Å². The molecule has 5 aromatic heterocycles. The summed E-state index contributed by atoms with van der Waals surface area (Å²) in [5.74, 6) is 0. The molecule has 242 valence electrons. The van der Waals surface area contributed by atoms with Crippen molar-refractivity contribution in [3.8, 4) is 22.8 Å². The molecule has 1 aliphatic heterocycles. The molecule has 0 fully saturated rings. The third kappa shape index (κ3) is 3.42. The minimum atomic E-state index is -0.648. The van der Waals surface area contributed by atoms with Gasteiger partial charge in [0.05, 0.1) is 56.4 Å². The molecule has 52 heavy (non-hydrogen) atoms. The standard InChI is InChI=1S/C46H27N5S/c1-4-18-36-28(11-1)29-12-2-5-19-37(29)50(36)39-21-7-14-34-44(39)52-45-35(46(34)32-16-9-24-48-42(32)43-33(46)17-10-25-49-43)15-8-22-40(45)51-38-20-6-3-13-30(38)31-23-26-47-27-41(31)51/h1-27H. The van der Waals surface area contributed by atoms with Gasteiger partial charge in [-0.3, -0.25) is 15.0 Å². The van der Waals surface area contributed by atoms with Gasteiger partial charge in [0.1, 0.15) is 0 Å². The van der Waals surface area contributed by atoms with E-state index in [1.807, 2.05) is 36.5 Å². The summed E-state index contributed by atoms with van der Waals surface area (Å²) in [7, 11) is 0. The first-order valence-corrected chi connectivity index (χ1v) is 18.3. The highest BCUT2D eigenvalue weighted by Crippen LogP contribution is 2.63. The van der Waals surface area contributed by atoms with Crippen LogP contribution in [-0.2, 0) is 5.41 Å². The van der Waals surface area contributed by atoms with Gasteiger partial charge >= 0.3 is 0 Å². The maximum atomic E-state index is 5.02. The number of rotatable bonds is 2. The first-order chi connectivity index (χ1) is 25.8. The van der Waals surface area contributed by atoms with Gasteiger partial charge in [-0.2, -0.15) is 0 Å². The quantitative estimate of drug-likeness (QED) is 0.182. The summed E-state index contributed by atoms with van der Waals surface area (Å²) in [6.07, 6.45) is 7.69. The highest BCUT2D eigenvalue weighted by Gasteiger charge is 2.52. The predicted octanol–water partition coefficient (Wildman–Crippen LogP) is 10.9. The fourth-order valence-electron chi connectivity index (χ4n) is 9.23. The number of aromatic nitrogens is 5. The lowest BCUT2D eigenvalue weighted by atomic mass is 9.67. The van der Waals surface area contributed by atoms with Crippen LogP contribution in [0.5, 0.6) is 0 Å². The lowest BCUT2D eigenvalue weighted by molar-refractivity contribution is 0.714. The number of nitrogens with zero attached hydrogens (tertiary/aromatic N) is 5. The molecular weight excluding hydrogens is 655 g/mol. The molecule has 0 N–H and O–H groups in total. The molecule has 1 aliphatic carbocycles. The zero-order valence-corrected chi connectivity index (χ0v) is 28.5. The maximum absolute atomic E-state index is 5.02. The number of benzene rings is 5. The molecule has 2 aliphatic rings. The van der Waals surface area contributed by atoms with Crippen molar-refractivity contribution < 1.29 is 0 Å². The lowest BCUT2D eigenvalue weighted by Crippen LogP contribution is -2.33. The van der Waals surface area contributed by atoms with E-state index in [4.69, 9.17) is 9.97 Å². The van der Waals surface area contributed by atoms with Gasteiger partial charge in [0.15, 0.2) is 0 Å². The third-order valence-electron chi connectivity index (χ3n) is 11.2. The van der Waals surface area contributed by atoms with E-state index in [2.05, 4.69) is 154 Å².